The molecule has 0 aliphatic carbocycles. The lowest BCUT2D eigenvalue weighted by atomic mass is 10.2. The summed E-state index contributed by atoms with van der Waals surface area (Å²) in [5, 5.41) is 16.3. The Morgan fingerprint density at radius 2 is 2.17 bits per heavy atom. The summed E-state index contributed by atoms with van der Waals surface area (Å²) in [7, 11) is 0. The molecule has 1 fully saturated rings. The number of likely N-dealkylation sites (tertiary alicyclic amines) is 1. The van der Waals surface area contributed by atoms with Crippen molar-refractivity contribution in [2.45, 2.75) is 38.6 Å². The standard InChI is InChI=1S/C19H29F3N4O2.HI/c1-3-23-18(25-15-7-8-26(11-15)13-19(20,21)22)24-10-16(27)12-28-17-6-4-5-14(2)9-17;/h4-6,9,15-16,27H,3,7-8,10-13H2,1-2H3,(H2,23,24,25);1H. The third-order valence-corrected chi connectivity index (χ3v) is 4.25. The van der Waals surface area contributed by atoms with E-state index >= 15 is 0 Å². The molecule has 1 heterocycles. The van der Waals surface area contributed by atoms with Gasteiger partial charge >= 0.3 is 6.18 Å². The molecule has 0 saturated carbocycles. The lowest BCUT2D eigenvalue weighted by Gasteiger charge is -2.20. The second-order valence-electron chi connectivity index (χ2n) is 6.98. The topological polar surface area (TPSA) is 69.1 Å². The molecule has 10 heteroatoms. The number of benzene rings is 1. The van der Waals surface area contributed by atoms with Gasteiger partial charge in [0.2, 0.25) is 0 Å². The van der Waals surface area contributed by atoms with Gasteiger partial charge in [-0.2, -0.15) is 13.2 Å². The Labute approximate surface area is 186 Å². The van der Waals surface area contributed by atoms with E-state index < -0.39 is 18.8 Å². The number of guanidine groups is 1. The molecular formula is C19H30F3IN4O2. The SMILES string of the molecule is CCNC(=NCC(O)COc1cccc(C)c1)NC1CCN(CC(F)(F)F)C1.I. The summed E-state index contributed by atoms with van der Waals surface area (Å²) in [6.07, 6.45) is -4.37. The first-order valence-electron chi connectivity index (χ1n) is 9.46. The van der Waals surface area contributed by atoms with Gasteiger partial charge in [-0.3, -0.25) is 9.89 Å². The summed E-state index contributed by atoms with van der Waals surface area (Å²) in [5.74, 6) is 1.17. The Morgan fingerprint density at radius 3 is 2.83 bits per heavy atom. The number of nitrogens with zero attached hydrogens (tertiary/aromatic N) is 2. The molecule has 0 bridgehead atoms. The fourth-order valence-electron chi connectivity index (χ4n) is 3.01. The quantitative estimate of drug-likeness (QED) is 0.274. The van der Waals surface area contributed by atoms with Crippen LogP contribution >= 0.6 is 24.0 Å². The van der Waals surface area contributed by atoms with Crippen LogP contribution < -0.4 is 15.4 Å². The van der Waals surface area contributed by atoms with E-state index in [9.17, 15) is 18.3 Å². The minimum atomic E-state index is -4.19. The van der Waals surface area contributed by atoms with Gasteiger partial charge in [-0.25, -0.2) is 0 Å². The van der Waals surface area contributed by atoms with Crippen LogP contribution in [0.3, 0.4) is 0 Å². The number of aryl methyl sites for hydroxylation is 1. The Morgan fingerprint density at radius 1 is 1.41 bits per heavy atom. The highest BCUT2D eigenvalue weighted by molar-refractivity contribution is 14.0. The zero-order valence-electron chi connectivity index (χ0n) is 16.7. The van der Waals surface area contributed by atoms with Gasteiger partial charge in [0, 0.05) is 25.7 Å². The maximum atomic E-state index is 12.5. The second-order valence-corrected chi connectivity index (χ2v) is 6.98. The molecule has 3 N–H and O–H groups in total. The molecule has 1 aliphatic rings. The van der Waals surface area contributed by atoms with Crippen molar-refractivity contribution < 1.29 is 23.0 Å². The van der Waals surface area contributed by atoms with Crippen molar-refractivity contribution in [3.63, 3.8) is 0 Å². The summed E-state index contributed by atoms with van der Waals surface area (Å²) >= 11 is 0. The molecular weight excluding hydrogens is 500 g/mol. The van der Waals surface area contributed by atoms with Gasteiger partial charge in [0.15, 0.2) is 5.96 Å². The summed E-state index contributed by atoms with van der Waals surface area (Å²) in [5.41, 5.74) is 1.07. The van der Waals surface area contributed by atoms with Crippen molar-refractivity contribution in [1.82, 2.24) is 15.5 Å². The molecule has 2 atom stereocenters. The minimum absolute atomic E-state index is 0. The maximum absolute atomic E-state index is 12.5. The van der Waals surface area contributed by atoms with E-state index in [1.165, 1.54) is 4.90 Å². The van der Waals surface area contributed by atoms with Crippen molar-refractivity contribution in [1.29, 1.82) is 0 Å². The van der Waals surface area contributed by atoms with Gasteiger partial charge in [-0.1, -0.05) is 12.1 Å². The average molecular weight is 530 g/mol. The summed E-state index contributed by atoms with van der Waals surface area (Å²) in [6, 6.07) is 7.43. The Hall–Kier alpha value is -1.27. The predicted octanol–water partition coefficient (Wildman–Crippen LogP) is 2.54. The van der Waals surface area contributed by atoms with Crippen LogP contribution in [0, 0.1) is 6.92 Å². The third kappa shape index (κ3) is 10.4. The maximum Gasteiger partial charge on any atom is 0.401 e. The van der Waals surface area contributed by atoms with E-state index in [1.807, 2.05) is 38.1 Å². The first-order chi connectivity index (χ1) is 13.2. The van der Waals surface area contributed by atoms with Crippen molar-refractivity contribution in [2.75, 3.05) is 39.3 Å². The van der Waals surface area contributed by atoms with Crippen molar-refractivity contribution in [3.8, 4) is 5.75 Å². The molecule has 2 rings (SSSR count). The Balaban J connectivity index is 0.00000420. The number of aliphatic hydroxyl groups is 1. The summed E-state index contributed by atoms with van der Waals surface area (Å²) < 4.78 is 43.1. The highest BCUT2D eigenvalue weighted by Crippen LogP contribution is 2.20. The van der Waals surface area contributed by atoms with Gasteiger partial charge in [-0.15, -0.1) is 24.0 Å². The molecule has 1 aromatic rings. The molecule has 166 valence electrons. The van der Waals surface area contributed by atoms with Crippen molar-refractivity contribution in [3.05, 3.63) is 29.8 Å². The molecule has 29 heavy (non-hydrogen) atoms. The first-order valence-corrected chi connectivity index (χ1v) is 9.46. The number of rotatable bonds is 8. The van der Waals surface area contributed by atoms with Gasteiger partial charge in [0.1, 0.15) is 18.5 Å². The number of halogens is 4. The predicted molar refractivity (Wildman–Crippen MR) is 118 cm³/mol. The number of hydrogen-bond donors (Lipinski definition) is 3. The molecule has 1 aliphatic heterocycles. The number of hydrogen-bond acceptors (Lipinski definition) is 4. The molecule has 0 amide bonds. The van der Waals surface area contributed by atoms with Crippen LogP contribution in [0.4, 0.5) is 13.2 Å². The van der Waals surface area contributed by atoms with Crippen LogP contribution in [0.25, 0.3) is 0 Å². The van der Waals surface area contributed by atoms with Gasteiger partial charge in [-0.05, 0) is 38.0 Å². The van der Waals surface area contributed by atoms with E-state index in [-0.39, 0.29) is 43.2 Å². The van der Waals surface area contributed by atoms with Crippen LogP contribution in [0.5, 0.6) is 5.75 Å². The monoisotopic (exact) mass is 530 g/mol. The zero-order chi connectivity index (χ0) is 20.6. The molecule has 0 spiro atoms. The van der Waals surface area contributed by atoms with E-state index in [0.29, 0.717) is 37.8 Å². The van der Waals surface area contributed by atoms with E-state index in [0.717, 1.165) is 5.56 Å². The number of nitrogens with one attached hydrogen (secondary N) is 2. The van der Waals surface area contributed by atoms with Crippen LogP contribution in [-0.2, 0) is 0 Å². The highest BCUT2D eigenvalue weighted by Gasteiger charge is 2.34. The van der Waals surface area contributed by atoms with Crippen LogP contribution in [0.1, 0.15) is 18.9 Å². The number of alkyl halides is 3. The van der Waals surface area contributed by atoms with E-state index in [2.05, 4.69) is 15.6 Å². The fraction of sp³-hybridized carbons (Fsp3) is 0.632. The lowest BCUT2D eigenvalue weighted by molar-refractivity contribution is -0.143. The fourth-order valence-corrected chi connectivity index (χ4v) is 3.01. The smallest absolute Gasteiger partial charge is 0.401 e. The van der Waals surface area contributed by atoms with Gasteiger partial charge < -0.3 is 20.5 Å². The number of aliphatic imine (C=N–C) groups is 1. The van der Waals surface area contributed by atoms with Gasteiger partial charge in [0.25, 0.3) is 0 Å². The number of aliphatic hydroxyl groups excluding tert-OH is 1. The van der Waals surface area contributed by atoms with Crippen LogP contribution in [0.15, 0.2) is 29.3 Å². The van der Waals surface area contributed by atoms with Gasteiger partial charge in [0.05, 0.1) is 13.1 Å². The van der Waals surface area contributed by atoms with Crippen molar-refractivity contribution in [2.24, 2.45) is 4.99 Å². The molecule has 1 saturated heterocycles. The summed E-state index contributed by atoms with van der Waals surface area (Å²) in [6.45, 7) is 4.51. The number of ether oxygens (including phenoxy) is 1. The summed E-state index contributed by atoms with van der Waals surface area (Å²) in [4.78, 5) is 5.71. The zero-order valence-corrected chi connectivity index (χ0v) is 19.0. The van der Waals surface area contributed by atoms with E-state index in [4.69, 9.17) is 4.74 Å². The first kappa shape index (κ1) is 25.8. The second kappa shape index (κ2) is 12.4. The highest BCUT2D eigenvalue weighted by atomic mass is 127. The Bertz CT molecular complexity index is 646. The van der Waals surface area contributed by atoms with E-state index in [1.54, 1.807) is 0 Å². The normalized spacial score (nSPS) is 18.8. The van der Waals surface area contributed by atoms with Crippen LogP contribution in [0.2, 0.25) is 0 Å². The molecule has 1 aromatic carbocycles. The third-order valence-electron chi connectivity index (χ3n) is 4.25. The Kier molecular flexibility index (Phi) is 11.0. The molecule has 0 aromatic heterocycles. The largest absolute Gasteiger partial charge is 0.491 e. The van der Waals surface area contributed by atoms with Crippen molar-refractivity contribution >= 4 is 29.9 Å². The van der Waals surface area contributed by atoms with Crippen LogP contribution in [-0.4, -0.2) is 73.6 Å². The molecule has 6 nitrogen and oxygen atoms in total. The average Bonchev–Trinajstić information content (AvgIpc) is 3.03. The lowest BCUT2D eigenvalue weighted by Crippen LogP contribution is -2.45. The molecule has 0 radical (unpaired) electrons. The molecule has 2 unspecified atom stereocenters. The minimum Gasteiger partial charge on any atom is -0.491 e.